The van der Waals surface area contributed by atoms with Gasteiger partial charge in [-0.3, -0.25) is 4.90 Å². The first-order valence-electron chi connectivity index (χ1n) is 9.18. The average molecular weight is 392 g/mol. The molecule has 1 fully saturated rings. The summed E-state index contributed by atoms with van der Waals surface area (Å²) in [6.45, 7) is 5.99. The van der Waals surface area contributed by atoms with E-state index in [1.165, 1.54) is 6.07 Å². The zero-order valence-electron chi connectivity index (χ0n) is 15.6. The Bertz CT molecular complexity index is 865. The van der Waals surface area contributed by atoms with Gasteiger partial charge in [0.25, 0.3) is 0 Å². The van der Waals surface area contributed by atoms with Gasteiger partial charge in [0.1, 0.15) is 5.82 Å². The highest BCUT2D eigenvalue weighted by Gasteiger charge is 2.19. The number of sulfonamides is 1. The molecular weight excluding hydrogens is 365 g/mol. The second-order valence-corrected chi connectivity index (χ2v) is 8.67. The summed E-state index contributed by atoms with van der Waals surface area (Å²) >= 11 is 0. The number of hydrogen-bond acceptors (Lipinski definition) is 4. The van der Waals surface area contributed by atoms with E-state index >= 15 is 0 Å². The molecule has 0 spiro atoms. The Kier molecular flexibility index (Phi) is 6.46. The molecule has 1 saturated heterocycles. The van der Waals surface area contributed by atoms with Gasteiger partial charge < -0.3 is 4.90 Å². The van der Waals surface area contributed by atoms with Crippen LogP contribution >= 0.6 is 0 Å². The minimum absolute atomic E-state index is 0.000729. The highest BCUT2D eigenvalue weighted by Crippen LogP contribution is 2.20. The van der Waals surface area contributed by atoms with Crippen molar-refractivity contribution in [2.75, 3.05) is 44.2 Å². The van der Waals surface area contributed by atoms with Gasteiger partial charge in [-0.1, -0.05) is 36.4 Å². The Hall–Kier alpha value is -1.96. The van der Waals surface area contributed by atoms with Crippen molar-refractivity contribution in [3.63, 3.8) is 0 Å². The van der Waals surface area contributed by atoms with Gasteiger partial charge in [-0.15, -0.1) is 0 Å². The predicted octanol–water partition coefficient (Wildman–Crippen LogP) is 2.38. The summed E-state index contributed by atoms with van der Waals surface area (Å²) < 4.78 is 41.1. The van der Waals surface area contributed by atoms with Crippen LogP contribution in [0.4, 0.5) is 10.1 Å². The molecule has 0 amide bonds. The number of nitrogens with zero attached hydrogens (tertiary/aromatic N) is 2. The minimum atomic E-state index is -3.35. The summed E-state index contributed by atoms with van der Waals surface area (Å²) in [4.78, 5) is 4.24. The van der Waals surface area contributed by atoms with Gasteiger partial charge in [-0.05, 0) is 30.2 Å². The van der Waals surface area contributed by atoms with Crippen LogP contribution in [0, 0.1) is 12.7 Å². The zero-order chi connectivity index (χ0) is 19.3. The zero-order valence-corrected chi connectivity index (χ0v) is 16.4. The fraction of sp³-hybridized carbons (Fsp3) is 0.400. The predicted molar refractivity (Wildman–Crippen MR) is 107 cm³/mol. The van der Waals surface area contributed by atoms with Gasteiger partial charge in [-0.2, -0.15) is 0 Å². The quantitative estimate of drug-likeness (QED) is 0.787. The lowest BCUT2D eigenvalue weighted by molar-refractivity contribution is 0.261. The molecule has 2 aromatic carbocycles. The molecule has 27 heavy (non-hydrogen) atoms. The molecule has 0 radical (unpaired) electrons. The molecule has 0 aromatic heterocycles. The molecule has 3 rings (SSSR count). The van der Waals surface area contributed by atoms with E-state index in [0.29, 0.717) is 18.8 Å². The maximum absolute atomic E-state index is 13.9. The normalized spacial score (nSPS) is 15.9. The van der Waals surface area contributed by atoms with E-state index in [-0.39, 0.29) is 11.6 Å². The smallest absolute Gasteiger partial charge is 0.215 e. The Labute approximate surface area is 160 Å². The van der Waals surface area contributed by atoms with Crippen LogP contribution in [0.15, 0.2) is 48.5 Å². The van der Waals surface area contributed by atoms with E-state index in [0.717, 1.165) is 37.3 Å². The summed E-state index contributed by atoms with van der Waals surface area (Å²) in [5.41, 5.74) is 2.44. The molecule has 146 valence electrons. The number of benzene rings is 2. The van der Waals surface area contributed by atoms with E-state index in [9.17, 15) is 12.8 Å². The second kappa shape index (κ2) is 8.82. The van der Waals surface area contributed by atoms with Crippen molar-refractivity contribution >= 4 is 15.7 Å². The fourth-order valence-corrected chi connectivity index (χ4v) is 4.55. The number of para-hydroxylation sites is 1. The molecule has 7 heteroatoms. The lowest BCUT2D eigenvalue weighted by Gasteiger charge is -2.36. The minimum Gasteiger partial charge on any atom is -0.367 e. The summed E-state index contributed by atoms with van der Waals surface area (Å²) in [6, 6.07) is 14.3. The van der Waals surface area contributed by atoms with Crippen LogP contribution in [0.3, 0.4) is 0 Å². The summed E-state index contributed by atoms with van der Waals surface area (Å²) in [6.07, 6.45) is 0. The topological polar surface area (TPSA) is 52.7 Å². The molecule has 2 aromatic rings. The van der Waals surface area contributed by atoms with E-state index in [1.807, 2.05) is 42.2 Å². The lowest BCUT2D eigenvalue weighted by Crippen LogP contribution is -2.48. The molecule has 0 saturated carbocycles. The van der Waals surface area contributed by atoms with Gasteiger partial charge in [0.05, 0.1) is 11.4 Å². The first kappa shape index (κ1) is 19.8. The third kappa shape index (κ3) is 5.51. The van der Waals surface area contributed by atoms with Crippen molar-refractivity contribution in [2.24, 2.45) is 0 Å². The molecule has 0 bridgehead atoms. The molecule has 0 atom stereocenters. The van der Waals surface area contributed by atoms with E-state index in [1.54, 1.807) is 12.1 Å². The lowest BCUT2D eigenvalue weighted by atomic mass is 10.1. The Morgan fingerprint density at radius 3 is 2.37 bits per heavy atom. The van der Waals surface area contributed by atoms with Gasteiger partial charge in [-0.25, -0.2) is 17.5 Å². The molecule has 0 unspecified atom stereocenters. The first-order valence-corrected chi connectivity index (χ1v) is 10.8. The molecule has 1 aliphatic rings. The number of rotatable bonds is 7. The number of hydrogen-bond donors (Lipinski definition) is 1. The molecule has 1 aliphatic heterocycles. The number of piperazine rings is 1. The Morgan fingerprint density at radius 2 is 1.67 bits per heavy atom. The third-order valence-electron chi connectivity index (χ3n) is 4.92. The average Bonchev–Trinajstić information content (AvgIpc) is 2.64. The molecule has 1 heterocycles. The van der Waals surface area contributed by atoms with Crippen molar-refractivity contribution in [1.82, 2.24) is 9.62 Å². The van der Waals surface area contributed by atoms with Crippen LogP contribution in [0.1, 0.15) is 11.1 Å². The highest BCUT2D eigenvalue weighted by atomic mass is 32.2. The van der Waals surface area contributed by atoms with Crippen LogP contribution in [0.25, 0.3) is 0 Å². The monoisotopic (exact) mass is 391 g/mol. The number of halogens is 1. The van der Waals surface area contributed by atoms with E-state index < -0.39 is 10.0 Å². The number of aryl methyl sites for hydroxylation is 1. The molecule has 5 nitrogen and oxygen atoms in total. The second-order valence-electron chi connectivity index (χ2n) is 6.86. The van der Waals surface area contributed by atoms with Crippen molar-refractivity contribution in [3.8, 4) is 0 Å². The van der Waals surface area contributed by atoms with Crippen molar-refractivity contribution < 1.29 is 12.8 Å². The van der Waals surface area contributed by atoms with Gasteiger partial charge in [0, 0.05) is 39.3 Å². The summed E-state index contributed by atoms with van der Waals surface area (Å²) in [7, 11) is -3.35. The molecule has 1 N–H and O–H groups in total. The molecular formula is C20H26FN3O2S. The number of nitrogens with one attached hydrogen (secondary N) is 1. The van der Waals surface area contributed by atoms with Crippen molar-refractivity contribution in [1.29, 1.82) is 0 Å². The fourth-order valence-electron chi connectivity index (χ4n) is 3.31. The van der Waals surface area contributed by atoms with Crippen LogP contribution in [-0.2, 0) is 15.8 Å². The van der Waals surface area contributed by atoms with Crippen LogP contribution < -0.4 is 9.62 Å². The maximum Gasteiger partial charge on any atom is 0.215 e. The van der Waals surface area contributed by atoms with Crippen LogP contribution in [0.2, 0.25) is 0 Å². The van der Waals surface area contributed by atoms with E-state index in [4.69, 9.17) is 0 Å². The summed E-state index contributed by atoms with van der Waals surface area (Å²) in [5, 5.41) is 0. The van der Waals surface area contributed by atoms with Gasteiger partial charge in [0.15, 0.2) is 0 Å². The van der Waals surface area contributed by atoms with Crippen LogP contribution in [0.5, 0.6) is 0 Å². The van der Waals surface area contributed by atoms with E-state index in [2.05, 4.69) is 9.62 Å². The SMILES string of the molecule is Cc1ccccc1CS(=O)(=O)NCCN1CCN(c2ccccc2F)CC1. The first-order chi connectivity index (χ1) is 12.9. The van der Waals surface area contributed by atoms with Crippen molar-refractivity contribution in [3.05, 3.63) is 65.5 Å². The number of anilines is 1. The summed E-state index contributed by atoms with van der Waals surface area (Å²) in [5.74, 6) is -0.198. The Balaban J connectivity index is 1.44. The standard InChI is InChI=1S/C20H26FN3O2S/c1-17-6-2-3-7-18(17)16-27(25,26)22-10-11-23-12-14-24(15-13-23)20-9-5-4-8-19(20)21/h2-9,22H,10-16H2,1H3. The van der Waals surface area contributed by atoms with Crippen molar-refractivity contribution in [2.45, 2.75) is 12.7 Å². The largest absolute Gasteiger partial charge is 0.367 e. The Morgan fingerprint density at radius 1 is 1.00 bits per heavy atom. The van der Waals surface area contributed by atoms with Gasteiger partial charge in [0.2, 0.25) is 10.0 Å². The van der Waals surface area contributed by atoms with Gasteiger partial charge >= 0.3 is 0 Å². The maximum atomic E-state index is 13.9. The van der Waals surface area contributed by atoms with Crippen LogP contribution in [-0.4, -0.2) is 52.6 Å². The molecule has 0 aliphatic carbocycles. The highest BCUT2D eigenvalue weighted by molar-refractivity contribution is 7.88. The third-order valence-corrected chi connectivity index (χ3v) is 6.26.